The van der Waals surface area contributed by atoms with E-state index in [0.717, 1.165) is 28.5 Å². The molecule has 0 aliphatic rings. The van der Waals surface area contributed by atoms with Crippen molar-refractivity contribution in [2.75, 3.05) is 7.05 Å². The predicted octanol–water partition coefficient (Wildman–Crippen LogP) is 2.57. The highest BCUT2D eigenvalue weighted by Gasteiger charge is 2.06. The topological polar surface area (TPSA) is 88.7 Å². The molecule has 0 aliphatic heterocycles. The first-order valence-electron chi connectivity index (χ1n) is 9.66. The molecular weight excluding hydrogens is 378 g/mol. The Hall–Kier alpha value is -3.94. The number of nitrogens with one attached hydrogen (secondary N) is 2. The number of pyridine rings is 2. The van der Waals surface area contributed by atoms with Gasteiger partial charge in [-0.15, -0.1) is 10.2 Å². The van der Waals surface area contributed by atoms with Crippen LogP contribution in [0.1, 0.15) is 17.1 Å². The summed E-state index contributed by atoms with van der Waals surface area (Å²) < 4.78 is 7.80. The summed E-state index contributed by atoms with van der Waals surface area (Å²) in [5.74, 6) is 2.30. The van der Waals surface area contributed by atoms with Crippen LogP contribution in [0, 0.1) is 0 Å². The second kappa shape index (κ2) is 9.51. The van der Waals surface area contributed by atoms with Crippen LogP contribution in [0.25, 0.3) is 5.65 Å². The van der Waals surface area contributed by atoms with Crippen molar-refractivity contribution >= 4 is 11.6 Å². The Morgan fingerprint density at radius 3 is 2.77 bits per heavy atom. The zero-order chi connectivity index (χ0) is 20.6. The Bertz CT molecular complexity index is 1120. The maximum atomic E-state index is 5.85. The van der Waals surface area contributed by atoms with Crippen LogP contribution < -0.4 is 15.4 Å². The zero-order valence-electron chi connectivity index (χ0n) is 16.7. The molecule has 0 amide bonds. The van der Waals surface area contributed by atoms with Crippen molar-refractivity contribution in [2.45, 2.75) is 19.7 Å². The number of ether oxygens (including phenoxy) is 1. The molecule has 0 aliphatic carbocycles. The SMILES string of the molecule is CN=C(NCc1cccc(OCc2ccccn2)c1)NCc1nnc2ccccn12. The van der Waals surface area contributed by atoms with E-state index in [2.05, 4.69) is 30.8 Å². The van der Waals surface area contributed by atoms with Crippen molar-refractivity contribution in [1.82, 2.24) is 30.2 Å². The van der Waals surface area contributed by atoms with Crippen molar-refractivity contribution < 1.29 is 4.74 Å². The highest BCUT2D eigenvalue weighted by molar-refractivity contribution is 5.79. The third-order valence-electron chi connectivity index (χ3n) is 4.49. The van der Waals surface area contributed by atoms with Crippen molar-refractivity contribution in [1.29, 1.82) is 0 Å². The second-order valence-corrected chi connectivity index (χ2v) is 6.58. The van der Waals surface area contributed by atoms with Gasteiger partial charge in [0.1, 0.15) is 12.4 Å². The maximum Gasteiger partial charge on any atom is 0.191 e. The van der Waals surface area contributed by atoms with E-state index >= 15 is 0 Å². The minimum atomic E-state index is 0.438. The standard InChI is InChI=1S/C22H23N7O/c1-23-22(26-15-21-28-27-20-10-3-5-12-29(20)21)25-14-17-7-6-9-19(13-17)30-16-18-8-2-4-11-24-18/h2-13H,14-16H2,1H3,(H2,23,25,26). The molecule has 3 heterocycles. The van der Waals surface area contributed by atoms with E-state index in [1.807, 2.05) is 71.3 Å². The van der Waals surface area contributed by atoms with Crippen LogP contribution in [0.5, 0.6) is 5.75 Å². The number of guanidine groups is 1. The summed E-state index contributed by atoms with van der Waals surface area (Å²) in [5, 5.41) is 15.0. The lowest BCUT2D eigenvalue weighted by Gasteiger charge is -2.12. The van der Waals surface area contributed by atoms with E-state index < -0.39 is 0 Å². The average Bonchev–Trinajstić information content (AvgIpc) is 3.22. The molecular formula is C22H23N7O. The van der Waals surface area contributed by atoms with Crippen molar-refractivity contribution in [2.24, 2.45) is 4.99 Å². The maximum absolute atomic E-state index is 5.85. The molecule has 0 fully saturated rings. The molecule has 4 aromatic rings. The first-order valence-corrected chi connectivity index (χ1v) is 9.66. The molecule has 0 bridgehead atoms. The molecule has 0 saturated carbocycles. The first kappa shape index (κ1) is 19.4. The Morgan fingerprint density at radius 1 is 1.00 bits per heavy atom. The number of benzene rings is 1. The highest BCUT2D eigenvalue weighted by Crippen LogP contribution is 2.14. The van der Waals surface area contributed by atoms with Crippen LogP contribution in [-0.4, -0.2) is 32.6 Å². The van der Waals surface area contributed by atoms with E-state index in [-0.39, 0.29) is 0 Å². The third kappa shape index (κ3) is 4.91. The summed E-state index contributed by atoms with van der Waals surface area (Å²) in [6.45, 7) is 1.56. The lowest BCUT2D eigenvalue weighted by Crippen LogP contribution is -2.36. The third-order valence-corrected chi connectivity index (χ3v) is 4.49. The molecule has 2 N–H and O–H groups in total. The molecule has 30 heavy (non-hydrogen) atoms. The van der Waals surface area contributed by atoms with Gasteiger partial charge in [-0.3, -0.25) is 14.4 Å². The predicted molar refractivity (Wildman–Crippen MR) is 115 cm³/mol. The molecule has 0 atom stereocenters. The largest absolute Gasteiger partial charge is 0.487 e. The van der Waals surface area contributed by atoms with E-state index in [9.17, 15) is 0 Å². The van der Waals surface area contributed by atoms with Crippen LogP contribution in [0.3, 0.4) is 0 Å². The lowest BCUT2D eigenvalue weighted by molar-refractivity contribution is 0.301. The number of aliphatic imine (C=N–C) groups is 1. The minimum absolute atomic E-state index is 0.438. The number of hydrogen-bond acceptors (Lipinski definition) is 5. The van der Waals surface area contributed by atoms with Crippen LogP contribution >= 0.6 is 0 Å². The summed E-state index contributed by atoms with van der Waals surface area (Å²) in [6, 6.07) is 19.6. The fourth-order valence-corrected chi connectivity index (χ4v) is 2.97. The van der Waals surface area contributed by atoms with Gasteiger partial charge in [-0.1, -0.05) is 24.3 Å². The summed E-state index contributed by atoms with van der Waals surface area (Å²) >= 11 is 0. The Kier molecular flexibility index (Phi) is 6.14. The van der Waals surface area contributed by atoms with Gasteiger partial charge in [0, 0.05) is 26.0 Å². The van der Waals surface area contributed by atoms with Gasteiger partial charge in [0.15, 0.2) is 17.4 Å². The number of hydrogen-bond donors (Lipinski definition) is 2. The number of rotatable bonds is 7. The smallest absolute Gasteiger partial charge is 0.191 e. The molecule has 0 spiro atoms. The fourth-order valence-electron chi connectivity index (χ4n) is 2.97. The number of aromatic nitrogens is 4. The normalized spacial score (nSPS) is 11.4. The molecule has 1 aromatic carbocycles. The molecule has 4 rings (SSSR count). The molecule has 3 aromatic heterocycles. The Labute approximate surface area is 174 Å². The fraction of sp³-hybridized carbons (Fsp3) is 0.182. The highest BCUT2D eigenvalue weighted by atomic mass is 16.5. The zero-order valence-corrected chi connectivity index (χ0v) is 16.7. The molecule has 8 nitrogen and oxygen atoms in total. The average molecular weight is 401 g/mol. The van der Waals surface area contributed by atoms with E-state index in [1.54, 1.807) is 13.2 Å². The summed E-state index contributed by atoms with van der Waals surface area (Å²) in [5.41, 5.74) is 2.80. The molecule has 0 radical (unpaired) electrons. The van der Waals surface area contributed by atoms with Crippen LogP contribution in [0.4, 0.5) is 0 Å². The van der Waals surface area contributed by atoms with E-state index in [4.69, 9.17) is 4.74 Å². The molecule has 0 saturated heterocycles. The second-order valence-electron chi connectivity index (χ2n) is 6.58. The van der Waals surface area contributed by atoms with Gasteiger partial charge in [0.2, 0.25) is 0 Å². The molecule has 8 heteroatoms. The lowest BCUT2D eigenvalue weighted by atomic mass is 10.2. The Morgan fingerprint density at radius 2 is 1.90 bits per heavy atom. The summed E-state index contributed by atoms with van der Waals surface area (Å²) in [4.78, 5) is 8.55. The molecule has 0 unspecified atom stereocenters. The van der Waals surface area contributed by atoms with Crippen LogP contribution in [0.15, 0.2) is 78.0 Å². The number of fused-ring (bicyclic) bond motifs is 1. The van der Waals surface area contributed by atoms with Gasteiger partial charge >= 0.3 is 0 Å². The van der Waals surface area contributed by atoms with Gasteiger partial charge in [0.05, 0.1) is 12.2 Å². The van der Waals surface area contributed by atoms with Gasteiger partial charge in [-0.25, -0.2) is 0 Å². The van der Waals surface area contributed by atoms with E-state index in [0.29, 0.717) is 25.7 Å². The van der Waals surface area contributed by atoms with Crippen molar-refractivity contribution in [3.63, 3.8) is 0 Å². The summed E-state index contributed by atoms with van der Waals surface area (Å²) in [6.07, 6.45) is 3.71. The monoisotopic (exact) mass is 401 g/mol. The van der Waals surface area contributed by atoms with Gasteiger partial charge in [-0.2, -0.15) is 0 Å². The van der Waals surface area contributed by atoms with Crippen LogP contribution in [0.2, 0.25) is 0 Å². The minimum Gasteiger partial charge on any atom is -0.487 e. The van der Waals surface area contributed by atoms with Crippen molar-refractivity contribution in [3.8, 4) is 5.75 Å². The number of nitrogens with zero attached hydrogens (tertiary/aromatic N) is 5. The van der Waals surface area contributed by atoms with Gasteiger partial charge < -0.3 is 15.4 Å². The quantitative estimate of drug-likeness (QED) is 0.366. The molecule has 152 valence electrons. The van der Waals surface area contributed by atoms with Gasteiger partial charge in [0.25, 0.3) is 0 Å². The Balaban J connectivity index is 1.30. The van der Waals surface area contributed by atoms with Crippen molar-refractivity contribution in [3.05, 3.63) is 90.1 Å². The first-order chi connectivity index (χ1) is 14.8. The summed E-state index contributed by atoms with van der Waals surface area (Å²) in [7, 11) is 1.74. The van der Waals surface area contributed by atoms with E-state index in [1.165, 1.54) is 0 Å². The van der Waals surface area contributed by atoms with Crippen LogP contribution in [-0.2, 0) is 19.7 Å². The van der Waals surface area contributed by atoms with Gasteiger partial charge in [-0.05, 0) is 42.0 Å².